The second-order valence-corrected chi connectivity index (χ2v) is 5.16. The van der Waals surface area contributed by atoms with E-state index < -0.39 is 4.92 Å². The number of aromatic nitrogens is 2. The topological polar surface area (TPSA) is 61.0 Å². The Kier molecular flexibility index (Phi) is 3.91. The molecule has 0 spiro atoms. The van der Waals surface area contributed by atoms with Gasteiger partial charge in [-0.3, -0.25) is 10.1 Å². The van der Waals surface area contributed by atoms with Gasteiger partial charge in [0.15, 0.2) is 0 Å². The summed E-state index contributed by atoms with van der Waals surface area (Å²) in [4.78, 5) is 10.4. The van der Waals surface area contributed by atoms with Gasteiger partial charge in [-0.15, -0.1) is 11.6 Å². The summed E-state index contributed by atoms with van der Waals surface area (Å²) in [6.45, 7) is 3.81. The highest BCUT2D eigenvalue weighted by Crippen LogP contribution is 2.27. The fourth-order valence-electron chi connectivity index (χ4n) is 1.86. The molecular formula is C12H11BrClN3O2. The summed E-state index contributed by atoms with van der Waals surface area (Å²) in [6, 6.07) is 4.81. The first-order valence-corrected chi connectivity index (χ1v) is 6.83. The lowest BCUT2D eigenvalue weighted by molar-refractivity contribution is -0.385. The fraction of sp³-hybridized carbons (Fsp3) is 0.250. The minimum atomic E-state index is -0.432. The van der Waals surface area contributed by atoms with Gasteiger partial charge in [0.2, 0.25) is 0 Å². The monoisotopic (exact) mass is 343 g/mol. The van der Waals surface area contributed by atoms with Gasteiger partial charge < -0.3 is 0 Å². The zero-order valence-electron chi connectivity index (χ0n) is 10.4. The Bertz CT molecular complexity index is 655. The molecule has 1 aromatic heterocycles. The van der Waals surface area contributed by atoms with Crippen molar-refractivity contribution in [1.82, 2.24) is 9.78 Å². The van der Waals surface area contributed by atoms with Crippen molar-refractivity contribution in [2.24, 2.45) is 0 Å². The van der Waals surface area contributed by atoms with Gasteiger partial charge in [-0.25, -0.2) is 4.68 Å². The summed E-state index contributed by atoms with van der Waals surface area (Å²) >= 11 is 9.22. The summed E-state index contributed by atoms with van der Waals surface area (Å²) in [5, 5.41) is 15.3. The zero-order chi connectivity index (χ0) is 14.2. The second kappa shape index (κ2) is 5.30. The van der Waals surface area contributed by atoms with Crippen molar-refractivity contribution in [3.63, 3.8) is 0 Å². The quantitative estimate of drug-likeness (QED) is 0.482. The first kappa shape index (κ1) is 14.0. The van der Waals surface area contributed by atoms with Gasteiger partial charge in [-0.05, 0) is 41.9 Å². The molecule has 5 nitrogen and oxygen atoms in total. The van der Waals surface area contributed by atoms with E-state index in [2.05, 4.69) is 21.0 Å². The number of nitro groups is 1. The molecule has 19 heavy (non-hydrogen) atoms. The van der Waals surface area contributed by atoms with Crippen LogP contribution in [-0.2, 0) is 5.88 Å². The minimum Gasteiger partial charge on any atom is -0.258 e. The molecule has 1 aromatic carbocycles. The van der Waals surface area contributed by atoms with Crippen molar-refractivity contribution in [2.45, 2.75) is 19.7 Å². The van der Waals surface area contributed by atoms with Crippen molar-refractivity contribution in [3.05, 3.63) is 49.7 Å². The SMILES string of the molecule is Cc1nn(-c2ccc([N+](=O)[O-])c(CCl)c2)c(C)c1Br. The third-order valence-corrected chi connectivity index (χ3v) is 4.29. The number of alkyl halides is 1. The highest BCUT2D eigenvalue weighted by molar-refractivity contribution is 9.10. The van der Waals surface area contributed by atoms with E-state index in [1.54, 1.807) is 16.8 Å². The molecule has 0 saturated carbocycles. The first-order valence-electron chi connectivity index (χ1n) is 5.51. The van der Waals surface area contributed by atoms with Crippen LogP contribution < -0.4 is 0 Å². The van der Waals surface area contributed by atoms with Crippen molar-refractivity contribution in [2.75, 3.05) is 0 Å². The van der Waals surface area contributed by atoms with Crippen LogP contribution in [0.25, 0.3) is 5.69 Å². The van der Waals surface area contributed by atoms with Gasteiger partial charge in [0.25, 0.3) is 5.69 Å². The number of halogens is 2. The van der Waals surface area contributed by atoms with Crippen LogP contribution in [0.15, 0.2) is 22.7 Å². The van der Waals surface area contributed by atoms with Gasteiger partial charge >= 0.3 is 0 Å². The van der Waals surface area contributed by atoms with E-state index in [-0.39, 0.29) is 11.6 Å². The molecule has 0 saturated heterocycles. The third-order valence-electron chi connectivity index (χ3n) is 2.85. The van der Waals surface area contributed by atoms with Crippen molar-refractivity contribution >= 4 is 33.2 Å². The van der Waals surface area contributed by atoms with E-state index in [1.165, 1.54) is 6.07 Å². The van der Waals surface area contributed by atoms with Crippen LogP contribution in [0.4, 0.5) is 5.69 Å². The number of aryl methyl sites for hydroxylation is 1. The van der Waals surface area contributed by atoms with Gasteiger partial charge in [0.1, 0.15) is 0 Å². The van der Waals surface area contributed by atoms with Crippen molar-refractivity contribution in [1.29, 1.82) is 0 Å². The smallest absolute Gasteiger partial charge is 0.258 e. The fourth-order valence-corrected chi connectivity index (χ4v) is 2.33. The average molecular weight is 345 g/mol. The number of hydrogen-bond acceptors (Lipinski definition) is 3. The standard InChI is InChI=1S/C12H11BrClN3O2/c1-7-12(13)8(2)16(15-7)10-3-4-11(17(18)19)9(5-10)6-14/h3-5H,6H2,1-2H3. The van der Waals surface area contributed by atoms with E-state index in [0.29, 0.717) is 5.56 Å². The van der Waals surface area contributed by atoms with Crippen LogP contribution >= 0.6 is 27.5 Å². The Morgan fingerprint density at radius 3 is 2.63 bits per heavy atom. The molecule has 2 rings (SSSR count). The first-order chi connectivity index (χ1) is 8.95. The van der Waals surface area contributed by atoms with Crippen molar-refractivity contribution in [3.8, 4) is 5.69 Å². The van der Waals surface area contributed by atoms with E-state index in [4.69, 9.17) is 11.6 Å². The molecule has 1 heterocycles. The second-order valence-electron chi connectivity index (χ2n) is 4.10. The molecule has 0 N–H and O–H groups in total. The number of hydrogen-bond donors (Lipinski definition) is 0. The summed E-state index contributed by atoms with van der Waals surface area (Å²) in [5.74, 6) is 0.0879. The summed E-state index contributed by atoms with van der Waals surface area (Å²) in [6.07, 6.45) is 0. The van der Waals surface area contributed by atoms with Crippen LogP contribution in [0.2, 0.25) is 0 Å². The number of nitrogens with zero attached hydrogens (tertiary/aromatic N) is 3. The van der Waals surface area contributed by atoms with E-state index in [1.807, 2.05) is 13.8 Å². The zero-order valence-corrected chi connectivity index (χ0v) is 12.7. The molecular weight excluding hydrogens is 334 g/mol. The van der Waals surface area contributed by atoms with E-state index >= 15 is 0 Å². The molecule has 0 radical (unpaired) electrons. The molecule has 2 aromatic rings. The Labute approximate surface area is 123 Å². The summed E-state index contributed by atoms with van der Waals surface area (Å²) in [5.41, 5.74) is 3.06. The maximum absolute atomic E-state index is 10.9. The molecule has 100 valence electrons. The minimum absolute atomic E-state index is 0.0272. The van der Waals surface area contributed by atoms with Crippen molar-refractivity contribution < 1.29 is 4.92 Å². The molecule has 0 unspecified atom stereocenters. The predicted octanol–water partition coefficient (Wildman–Crippen LogP) is 3.90. The van der Waals surface area contributed by atoms with Crippen LogP contribution in [0, 0.1) is 24.0 Å². The van der Waals surface area contributed by atoms with Crippen LogP contribution in [0.1, 0.15) is 17.0 Å². The lowest BCUT2D eigenvalue weighted by atomic mass is 10.2. The summed E-state index contributed by atoms with van der Waals surface area (Å²) < 4.78 is 2.66. The van der Waals surface area contributed by atoms with Gasteiger partial charge in [-0.2, -0.15) is 5.10 Å². The highest BCUT2D eigenvalue weighted by atomic mass is 79.9. The van der Waals surface area contributed by atoms with E-state index in [9.17, 15) is 10.1 Å². The number of rotatable bonds is 3. The average Bonchev–Trinajstić information content (AvgIpc) is 2.65. The Hall–Kier alpha value is -1.40. The Balaban J connectivity index is 2.58. The third kappa shape index (κ3) is 2.50. The normalized spacial score (nSPS) is 10.7. The van der Waals surface area contributed by atoms with Crippen LogP contribution in [0.5, 0.6) is 0 Å². The maximum atomic E-state index is 10.9. The molecule has 0 atom stereocenters. The highest BCUT2D eigenvalue weighted by Gasteiger charge is 2.16. The van der Waals surface area contributed by atoms with E-state index in [0.717, 1.165) is 21.5 Å². The number of nitro benzene ring substituents is 1. The van der Waals surface area contributed by atoms with Gasteiger partial charge in [-0.1, -0.05) is 0 Å². The lowest BCUT2D eigenvalue weighted by Gasteiger charge is -2.06. The summed E-state index contributed by atoms with van der Waals surface area (Å²) in [7, 11) is 0. The molecule has 0 aliphatic carbocycles. The molecule has 7 heteroatoms. The number of benzene rings is 1. The molecule has 0 aliphatic rings. The Morgan fingerprint density at radius 1 is 1.47 bits per heavy atom. The largest absolute Gasteiger partial charge is 0.273 e. The molecule has 0 bridgehead atoms. The predicted molar refractivity (Wildman–Crippen MR) is 76.9 cm³/mol. The Morgan fingerprint density at radius 2 is 2.16 bits per heavy atom. The van der Waals surface area contributed by atoms with Crippen LogP contribution in [-0.4, -0.2) is 14.7 Å². The van der Waals surface area contributed by atoms with Gasteiger partial charge in [0, 0.05) is 11.6 Å². The molecule has 0 amide bonds. The maximum Gasteiger partial charge on any atom is 0.273 e. The van der Waals surface area contributed by atoms with Crippen LogP contribution in [0.3, 0.4) is 0 Å². The molecule has 0 fully saturated rings. The van der Waals surface area contributed by atoms with Gasteiger partial charge in [0.05, 0.1) is 32.4 Å². The molecule has 0 aliphatic heterocycles. The lowest BCUT2D eigenvalue weighted by Crippen LogP contribution is -2.01.